The Kier molecular flexibility index (Phi) is 4.69. The van der Waals surface area contributed by atoms with E-state index < -0.39 is 0 Å². The van der Waals surface area contributed by atoms with E-state index in [0.29, 0.717) is 31.5 Å². The summed E-state index contributed by atoms with van der Waals surface area (Å²) in [6.45, 7) is 8.40. The molecule has 24 heavy (non-hydrogen) atoms. The summed E-state index contributed by atoms with van der Waals surface area (Å²) >= 11 is 0. The van der Waals surface area contributed by atoms with Gasteiger partial charge in [0, 0.05) is 30.6 Å². The van der Waals surface area contributed by atoms with Crippen LogP contribution in [0.25, 0.3) is 0 Å². The van der Waals surface area contributed by atoms with Gasteiger partial charge >= 0.3 is 0 Å². The van der Waals surface area contributed by atoms with E-state index in [9.17, 15) is 4.79 Å². The molecule has 0 saturated heterocycles. The van der Waals surface area contributed by atoms with Crippen LogP contribution in [0.4, 0.5) is 11.6 Å². The Hall–Kier alpha value is -2.18. The van der Waals surface area contributed by atoms with Crippen molar-refractivity contribution in [1.29, 1.82) is 0 Å². The maximum absolute atomic E-state index is 12.7. The molecule has 0 bridgehead atoms. The second-order valence-electron chi connectivity index (χ2n) is 6.29. The van der Waals surface area contributed by atoms with Crippen LogP contribution in [0, 0.1) is 20.8 Å². The van der Waals surface area contributed by atoms with Crippen LogP contribution in [0.3, 0.4) is 0 Å². The molecule has 1 aromatic heterocycles. The summed E-state index contributed by atoms with van der Waals surface area (Å²) in [6, 6.07) is 8.29. The molecule has 3 rings (SSSR count). The predicted octanol–water partition coefficient (Wildman–Crippen LogP) is 2.18. The molecule has 0 atom stereocenters. The summed E-state index contributed by atoms with van der Waals surface area (Å²) < 4.78 is 6.95. The Morgan fingerprint density at radius 3 is 2.50 bits per heavy atom. The summed E-state index contributed by atoms with van der Waals surface area (Å²) in [5, 5.41) is 0. The molecule has 0 amide bonds. The molecule has 0 spiro atoms. The largest absolute Gasteiger partial charge is 0.383 e. The number of anilines is 2. The zero-order valence-electron chi connectivity index (χ0n) is 14.7. The first-order valence-corrected chi connectivity index (χ1v) is 8.15. The van der Waals surface area contributed by atoms with Gasteiger partial charge in [-0.15, -0.1) is 0 Å². The van der Waals surface area contributed by atoms with Gasteiger partial charge in [-0.3, -0.25) is 19.2 Å². The first kappa shape index (κ1) is 16.7. The second kappa shape index (κ2) is 6.75. The quantitative estimate of drug-likeness (QED) is 0.861. The fourth-order valence-corrected chi connectivity index (χ4v) is 2.87. The Morgan fingerprint density at radius 1 is 1.12 bits per heavy atom. The van der Waals surface area contributed by atoms with Gasteiger partial charge in [0.1, 0.15) is 0 Å². The third-order valence-electron chi connectivity index (χ3n) is 4.50. The minimum atomic E-state index is 0.0247. The molecule has 0 N–H and O–H groups in total. The lowest BCUT2D eigenvalue weighted by Crippen LogP contribution is -2.48. The molecule has 128 valence electrons. The van der Waals surface area contributed by atoms with Crippen molar-refractivity contribution >= 4 is 11.6 Å². The zero-order chi connectivity index (χ0) is 17.3. The summed E-state index contributed by atoms with van der Waals surface area (Å²) in [7, 11) is 1.69. The number of ether oxygens (including phenoxy) is 1. The zero-order valence-corrected chi connectivity index (χ0v) is 14.7. The molecule has 1 aromatic carbocycles. The molecule has 6 nitrogen and oxygen atoms in total. The van der Waals surface area contributed by atoms with Crippen molar-refractivity contribution in [3.05, 3.63) is 51.4 Å². The van der Waals surface area contributed by atoms with Gasteiger partial charge in [0.2, 0.25) is 5.95 Å². The second-order valence-corrected chi connectivity index (χ2v) is 6.29. The van der Waals surface area contributed by atoms with Crippen LogP contribution in [0.5, 0.6) is 0 Å². The van der Waals surface area contributed by atoms with Crippen LogP contribution in [0.15, 0.2) is 29.1 Å². The van der Waals surface area contributed by atoms with Crippen LogP contribution in [-0.4, -0.2) is 41.4 Å². The van der Waals surface area contributed by atoms with Crippen LogP contribution >= 0.6 is 0 Å². The van der Waals surface area contributed by atoms with Crippen LogP contribution in [0.1, 0.15) is 16.8 Å². The molecular formula is C18H24N4O2. The predicted molar refractivity (Wildman–Crippen MR) is 94.7 cm³/mol. The monoisotopic (exact) mass is 328 g/mol. The first-order valence-electron chi connectivity index (χ1n) is 8.15. The van der Waals surface area contributed by atoms with E-state index in [-0.39, 0.29) is 5.56 Å². The normalized spacial score (nSPS) is 14.8. The molecule has 1 aliphatic heterocycles. The van der Waals surface area contributed by atoms with Gasteiger partial charge < -0.3 is 4.74 Å². The first-order chi connectivity index (χ1) is 11.5. The number of aryl methyl sites for hydroxylation is 2. The average Bonchev–Trinajstić information content (AvgIpc) is 2.58. The number of benzene rings is 1. The van der Waals surface area contributed by atoms with Crippen molar-refractivity contribution in [2.45, 2.75) is 27.4 Å². The highest BCUT2D eigenvalue weighted by Gasteiger charge is 2.26. The van der Waals surface area contributed by atoms with Gasteiger partial charge in [-0.1, -0.05) is 17.7 Å². The third-order valence-corrected chi connectivity index (χ3v) is 4.50. The number of aromatic nitrogens is 2. The van der Waals surface area contributed by atoms with E-state index in [2.05, 4.69) is 41.0 Å². The number of fused-ring (bicyclic) bond motifs is 1. The summed E-state index contributed by atoms with van der Waals surface area (Å²) in [5.74, 6) is 0.709. The third kappa shape index (κ3) is 3.07. The van der Waals surface area contributed by atoms with Gasteiger partial charge in [-0.05, 0) is 32.9 Å². The van der Waals surface area contributed by atoms with Crippen molar-refractivity contribution in [2.24, 2.45) is 0 Å². The maximum atomic E-state index is 12.7. The highest BCUT2D eigenvalue weighted by Crippen LogP contribution is 2.27. The highest BCUT2D eigenvalue weighted by molar-refractivity contribution is 5.58. The highest BCUT2D eigenvalue weighted by atomic mass is 16.5. The van der Waals surface area contributed by atoms with Gasteiger partial charge in [0.05, 0.1) is 19.9 Å². The Bertz CT molecular complexity index is 783. The SMILES string of the molecule is COCCN1CN(c2ccc(C)cc2)c2nc(C)c(C)c(=O)n2C1. The molecule has 6 heteroatoms. The fourth-order valence-electron chi connectivity index (χ4n) is 2.87. The number of hydrogen-bond acceptors (Lipinski definition) is 5. The molecule has 2 heterocycles. The van der Waals surface area contributed by atoms with E-state index in [0.717, 1.165) is 17.9 Å². The summed E-state index contributed by atoms with van der Waals surface area (Å²) in [4.78, 5) is 21.7. The van der Waals surface area contributed by atoms with E-state index >= 15 is 0 Å². The molecule has 0 unspecified atom stereocenters. The van der Waals surface area contributed by atoms with Gasteiger partial charge in [-0.25, -0.2) is 4.98 Å². The molecule has 0 radical (unpaired) electrons. The van der Waals surface area contributed by atoms with E-state index in [4.69, 9.17) is 9.72 Å². The van der Waals surface area contributed by atoms with Crippen LogP contribution < -0.4 is 10.5 Å². The van der Waals surface area contributed by atoms with E-state index in [1.165, 1.54) is 5.56 Å². The average molecular weight is 328 g/mol. The van der Waals surface area contributed by atoms with E-state index in [1.54, 1.807) is 11.7 Å². The molecule has 2 aromatic rings. The molecule has 0 aliphatic carbocycles. The summed E-state index contributed by atoms with van der Waals surface area (Å²) in [5.41, 5.74) is 3.76. The van der Waals surface area contributed by atoms with Gasteiger partial charge in [-0.2, -0.15) is 0 Å². The van der Waals surface area contributed by atoms with Crippen LogP contribution in [-0.2, 0) is 11.4 Å². The number of methoxy groups -OCH3 is 1. The standard InChI is InChI=1S/C18H24N4O2/c1-13-5-7-16(8-6-13)21-11-20(9-10-24-4)12-22-17(23)14(2)15(3)19-18(21)22/h5-8H,9-12H2,1-4H3. The van der Waals surface area contributed by atoms with Crippen molar-refractivity contribution < 1.29 is 4.74 Å². The van der Waals surface area contributed by atoms with E-state index in [1.807, 2.05) is 13.8 Å². The fraction of sp³-hybridized carbons (Fsp3) is 0.444. The van der Waals surface area contributed by atoms with Crippen molar-refractivity contribution in [3.8, 4) is 0 Å². The lowest BCUT2D eigenvalue weighted by atomic mass is 10.2. The van der Waals surface area contributed by atoms with Gasteiger partial charge in [0.15, 0.2) is 0 Å². The number of rotatable bonds is 4. The minimum Gasteiger partial charge on any atom is -0.383 e. The smallest absolute Gasteiger partial charge is 0.259 e. The molecular weight excluding hydrogens is 304 g/mol. The van der Waals surface area contributed by atoms with Crippen LogP contribution in [0.2, 0.25) is 0 Å². The lowest BCUT2D eigenvalue weighted by molar-refractivity contribution is 0.121. The summed E-state index contributed by atoms with van der Waals surface area (Å²) in [6.07, 6.45) is 0. The molecule has 0 saturated carbocycles. The van der Waals surface area contributed by atoms with Crippen molar-refractivity contribution in [3.63, 3.8) is 0 Å². The number of hydrogen-bond donors (Lipinski definition) is 0. The van der Waals surface area contributed by atoms with Gasteiger partial charge in [0.25, 0.3) is 5.56 Å². The molecule has 0 fully saturated rings. The minimum absolute atomic E-state index is 0.0247. The van der Waals surface area contributed by atoms with Crippen molar-refractivity contribution in [1.82, 2.24) is 14.5 Å². The maximum Gasteiger partial charge on any atom is 0.259 e. The topological polar surface area (TPSA) is 50.6 Å². The van der Waals surface area contributed by atoms with Crippen molar-refractivity contribution in [2.75, 3.05) is 31.8 Å². The Morgan fingerprint density at radius 2 is 1.83 bits per heavy atom. The Balaban J connectivity index is 2.08. The number of nitrogens with zero attached hydrogens (tertiary/aromatic N) is 4. The molecule has 1 aliphatic rings. The lowest BCUT2D eigenvalue weighted by Gasteiger charge is -2.38. The Labute approximate surface area is 142 Å².